The molecule has 0 saturated heterocycles. The minimum absolute atomic E-state index is 1.08. The van der Waals surface area contributed by atoms with E-state index in [4.69, 9.17) is 0 Å². The molecule has 4 rings (SSSR count). The number of H-pyrrole nitrogens is 1. The Morgan fingerprint density at radius 3 is 2.38 bits per heavy atom. The molecule has 0 spiro atoms. The van der Waals surface area contributed by atoms with Crippen LogP contribution in [0, 0.1) is 13.8 Å². The summed E-state index contributed by atoms with van der Waals surface area (Å²) in [4.78, 5) is 4.91. The molecule has 1 nitrogen and oxygen atoms in total. The number of thiophene rings is 1. The van der Waals surface area contributed by atoms with Gasteiger partial charge in [-0.15, -0.1) is 11.3 Å². The van der Waals surface area contributed by atoms with E-state index in [0.717, 1.165) is 6.42 Å². The van der Waals surface area contributed by atoms with Gasteiger partial charge in [-0.3, -0.25) is 0 Å². The van der Waals surface area contributed by atoms with E-state index in [1.807, 2.05) is 11.3 Å². The smallest absolute Gasteiger partial charge is 0.0560 e. The Balaban J connectivity index is 1.78. The van der Waals surface area contributed by atoms with Crippen molar-refractivity contribution in [2.24, 2.45) is 0 Å². The standard InChI is InChI=1S/C22H21NS/c1-4-16-10-7-15(3)18-13-21(24-22(16)18)20-12-11-19(23-20)17-8-5-14(2)6-9-17/h5-13,23H,4H2,1-3H3. The lowest BCUT2D eigenvalue weighted by Gasteiger charge is -2.00. The van der Waals surface area contributed by atoms with Crippen LogP contribution in [0.25, 0.3) is 31.9 Å². The van der Waals surface area contributed by atoms with Crippen molar-refractivity contribution in [2.45, 2.75) is 27.2 Å². The summed E-state index contributed by atoms with van der Waals surface area (Å²) in [7, 11) is 0. The van der Waals surface area contributed by atoms with E-state index in [0.29, 0.717) is 0 Å². The fraction of sp³-hybridized carbons (Fsp3) is 0.182. The lowest BCUT2D eigenvalue weighted by atomic mass is 10.1. The number of hydrogen-bond acceptors (Lipinski definition) is 1. The first-order valence-electron chi connectivity index (χ1n) is 8.44. The molecule has 0 radical (unpaired) electrons. The maximum atomic E-state index is 3.59. The van der Waals surface area contributed by atoms with Crippen molar-refractivity contribution < 1.29 is 0 Å². The largest absolute Gasteiger partial charge is 0.354 e. The van der Waals surface area contributed by atoms with Crippen molar-refractivity contribution in [3.63, 3.8) is 0 Å². The monoisotopic (exact) mass is 331 g/mol. The summed E-state index contributed by atoms with van der Waals surface area (Å²) in [5.74, 6) is 0. The van der Waals surface area contributed by atoms with Crippen LogP contribution >= 0.6 is 11.3 Å². The van der Waals surface area contributed by atoms with Gasteiger partial charge in [-0.2, -0.15) is 0 Å². The van der Waals surface area contributed by atoms with Crippen molar-refractivity contribution in [1.82, 2.24) is 4.98 Å². The highest BCUT2D eigenvalue weighted by molar-refractivity contribution is 7.22. The minimum atomic E-state index is 1.08. The zero-order valence-corrected chi connectivity index (χ0v) is 15.1. The Bertz CT molecular complexity index is 1000. The quantitative estimate of drug-likeness (QED) is 0.428. The number of hydrogen-bond donors (Lipinski definition) is 1. The van der Waals surface area contributed by atoms with E-state index >= 15 is 0 Å². The van der Waals surface area contributed by atoms with Gasteiger partial charge in [-0.1, -0.05) is 48.9 Å². The Kier molecular flexibility index (Phi) is 3.78. The predicted octanol–water partition coefficient (Wildman–Crippen LogP) is 6.74. The summed E-state index contributed by atoms with van der Waals surface area (Å²) in [6.07, 6.45) is 1.08. The topological polar surface area (TPSA) is 15.8 Å². The Hall–Kier alpha value is -2.32. The Morgan fingerprint density at radius 1 is 0.875 bits per heavy atom. The first-order chi connectivity index (χ1) is 11.7. The summed E-state index contributed by atoms with van der Waals surface area (Å²) < 4.78 is 1.43. The molecule has 2 aromatic heterocycles. The van der Waals surface area contributed by atoms with Gasteiger partial charge in [0.1, 0.15) is 0 Å². The maximum Gasteiger partial charge on any atom is 0.0560 e. The SMILES string of the molecule is CCc1ccc(C)c2cc(-c3ccc(-c4ccc(C)cc4)[nH]3)sc12. The second-order valence-corrected chi connectivity index (χ2v) is 7.45. The first-order valence-corrected chi connectivity index (χ1v) is 9.26. The van der Waals surface area contributed by atoms with Gasteiger partial charge in [0, 0.05) is 10.4 Å². The fourth-order valence-electron chi connectivity index (χ4n) is 3.17. The number of fused-ring (bicyclic) bond motifs is 1. The molecule has 0 aliphatic rings. The zero-order valence-electron chi connectivity index (χ0n) is 14.3. The highest BCUT2D eigenvalue weighted by atomic mass is 32.1. The van der Waals surface area contributed by atoms with Crippen molar-refractivity contribution >= 4 is 21.4 Å². The van der Waals surface area contributed by atoms with E-state index in [-0.39, 0.29) is 0 Å². The number of aromatic amines is 1. The average Bonchev–Trinajstić information content (AvgIpc) is 3.23. The second kappa shape index (κ2) is 5.95. The molecular formula is C22H21NS. The van der Waals surface area contributed by atoms with Crippen LogP contribution in [0.3, 0.4) is 0 Å². The van der Waals surface area contributed by atoms with Gasteiger partial charge in [0.25, 0.3) is 0 Å². The molecular weight excluding hydrogens is 310 g/mol. The van der Waals surface area contributed by atoms with Gasteiger partial charge in [0.15, 0.2) is 0 Å². The van der Waals surface area contributed by atoms with Crippen molar-refractivity contribution in [1.29, 1.82) is 0 Å². The van der Waals surface area contributed by atoms with Crippen molar-refractivity contribution in [3.05, 3.63) is 71.3 Å². The van der Waals surface area contributed by atoms with Gasteiger partial charge in [0.2, 0.25) is 0 Å². The molecule has 0 aliphatic carbocycles. The summed E-state index contributed by atoms with van der Waals surface area (Å²) in [6, 6.07) is 19.9. The molecule has 2 aromatic carbocycles. The third-order valence-electron chi connectivity index (χ3n) is 4.68. The van der Waals surface area contributed by atoms with E-state index in [2.05, 4.69) is 80.4 Å². The molecule has 0 bridgehead atoms. The van der Waals surface area contributed by atoms with Crippen LogP contribution in [0.5, 0.6) is 0 Å². The zero-order chi connectivity index (χ0) is 16.7. The average molecular weight is 331 g/mol. The summed E-state index contributed by atoms with van der Waals surface area (Å²) in [5.41, 5.74) is 7.70. The van der Waals surface area contributed by atoms with Gasteiger partial charge in [-0.05, 0) is 60.5 Å². The minimum Gasteiger partial charge on any atom is -0.354 e. The van der Waals surface area contributed by atoms with Crippen LogP contribution in [0.2, 0.25) is 0 Å². The third-order valence-corrected chi connectivity index (χ3v) is 5.92. The van der Waals surface area contributed by atoms with Gasteiger partial charge in [0.05, 0.1) is 10.6 Å². The molecule has 0 atom stereocenters. The highest BCUT2D eigenvalue weighted by Crippen LogP contribution is 2.37. The van der Waals surface area contributed by atoms with E-state index < -0.39 is 0 Å². The Morgan fingerprint density at radius 2 is 1.62 bits per heavy atom. The molecule has 0 saturated carbocycles. The van der Waals surface area contributed by atoms with Crippen LogP contribution in [0.4, 0.5) is 0 Å². The molecule has 120 valence electrons. The van der Waals surface area contributed by atoms with Crippen molar-refractivity contribution in [2.75, 3.05) is 0 Å². The number of aryl methyl sites for hydroxylation is 3. The van der Waals surface area contributed by atoms with Gasteiger partial charge < -0.3 is 4.98 Å². The molecule has 24 heavy (non-hydrogen) atoms. The van der Waals surface area contributed by atoms with E-state index in [1.54, 1.807) is 0 Å². The summed E-state index contributed by atoms with van der Waals surface area (Å²) in [5, 5.41) is 1.39. The molecule has 1 N–H and O–H groups in total. The summed E-state index contributed by atoms with van der Waals surface area (Å²) >= 11 is 1.90. The van der Waals surface area contributed by atoms with Crippen LogP contribution in [0.1, 0.15) is 23.6 Å². The Labute approximate surface area is 147 Å². The fourth-order valence-corrected chi connectivity index (χ4v) is 4.46. The lowest BCUT2D eigenvalue weighted by molar-refractivity contribution is 1.16. The molecule has 0 fully saturated rings. The summed E-state index contributed by atoms with van der Waals surface area (Å²) in [6.45, 7) is 6.55. The van der Waals surface area contributed by atoms with E-state index in [1.165, 1.54) is 48.6 Å². The number of rotatable bonds is 3. The molecule has 2 heterocycles. The number of nitrogens with one attached hydrogen (secondary N) is 1. The van der Waals surface area contributed by atoms with Crippen molar-refractivity contribution in [3.8, 4) is 21.8 Å². The van der Waals surface area contributed by atoms with Gasteiger partial charge in [-0.25, -0.2) is 0 Å². The molecule has 0 unspecified atom stereocenters. The lowest BCUT2D eigenvalue weighted by Crippen LogP contribution is -1.81. The number of benzene rings is 2. The van der Waals surface area contributed by atoms with Crippen LogP contribution in [-0.2, 0) is 6.42 Å². The molecule has 2 heteroatoms. The second-order valence-electron chi connectivity index (χ2n) is 6.40. The first kappa shape index (κ1) is 15.2. The van der Waals surface area contributed by atoms with Crippen LogP contribution < -0.4 is 0 Å². The van der Waals surface area contributed by atoms with Gasteiger partial charge >= 0.3 is 0 Å². The molecule has 4 aromatic rings. The normalized spacial score (nSPS) is 11.3. The van der Waals surface area contributed by atoms with E-state index in [9.17, 15) is 0 Å². The number of aromatic nitrogens is 1. The third kappa shape index (κ3) is 2.57. The van der Waals surface area contributed by atoms with Crippen LogP contribution in [0.15, 0.2) is 54.6 Å². The molecule has 0 amide bonds. The van der Waals surface area contributed by atoms with Crippen LogP contribution in [-0.4, -0.2) is 4.98 Å². The predicted molar refractivity (Wildman–Crippen MR) is 106 cm³/mol. The molecule has 0 aliphatic heterocycles. The maximum absolute atomic E-state index is 3.59. The highest BCUT2D eigenvalue weighted by Gasteiger charge is 2.11.